The SMILES string of the molecule is CCCN(CC(F)(F)F)c1ccccc1CN. The first-order chi connectivity index (χ1) is 7.98. The first-order valence-electron chi connectivity index (χ1n) is 5.57. The average Bonchev–Trinajstić information content (AvgIpc) is 2.27. The number of rotatable bonds is 5. The van der Waals surface area contributed by atoms with Crippen molar-refractivity contribution < 1.29 is 13.2 Å². The average molecular weight is 246 g/mol. The van der Waals surface area contributed by atoms with Gasteiger partial charge in [-0.25, -0.2) is 0 Å². The molecule has 2 nitrogen and oxygen atoms in total. The van der Waals surface area contributed by atoms with E-state index in [-0.39, 0.29) is 6.54 Å². The normalized spacial score (nSPS) is 11.6. The number of para-hydroxylation sites is 1. The Kier molecular flexibility index (Phi) is 4.81. The summed E-state index contributed by atoms with van der Waals surface area (Å²) in [4.78, 5) is 1.34. The number of halogens is 3. The largest absolute Gasteiger partial charge is 0.405 e. The molecule has 0 saturated carbocycles. The van der Waals surface area contributed by atoms with Crippen LogP contribution in [-0.2, 0) is 6.54 Å². The molecule has 0 aliphatic heterocycles. The number of hydrogen-bond acceptors (Lipinski definition) is 2. The zero-order valence-corrected chi connectivity index (χ0v) is 9.80. The molecule has 0 amide bonds. The molecule has 0 fully saturated rings. The molecule has 96 valence electrons. The van der Waals surface area contributed by atoms with Crippen molar-refractivity contribution in [3.05, 3.63) is 29.8 Å². The van der Waals surface area contributed by atoms with Crippen LogP contribution >= 0.6 is 0 Å². The fourth-order valence-corrected chi connectivity index (χ4v) is 1.76. The molecule has 0 atom stereocenters. The van der Waals surface area contributed by atoms with E-state index >= 15 is 0 Å². The molecule has 2 N–H and O–H groups in total. The third-order valence-electron chi connectivity index (χ3n) is 2.42. The van der Waals surface area contributed by atoms with Crippen molar-refractivity contribution in [2.75, 3.05) is 18.0 Å². The first kappa shape index (κ1) is 13.8. The smallest absolute Gasteiger partial charge is 0.362 e. The van der Waals surface area contributed by atoms with E-state index in [1.807, 2.05) is 6.92 Å². The maximum Gasteiger partial charge on any atom is 0.405 e. The molecule has 0 radical (unpaired) electrons. The van der Waals surface area contributed by atoms with E-state index in [1.165, 1.54) is 4.90 Å². The van der Waals surface area contributed by atoms with Gasteiger partial charge in [-0.3, -0.25) is 0 Å². The summed E-state index contributed by atoms with van der Waals surface area (Å²) in [5.74, 6) is 0. The van der Waals surface area contributed by atoms with Gasteiger partial charge in [0.05, 0.1) is 0 Å². The number of nitrogens with zero attached hydrogens (tertiary/aromatic N) is 1. The minimum atomic E-state index is -4.20. The maximum absolute atomic E-state index is 12.5. The van der Waals surface area contributed by atoms with Crippen LogP contribution in [0, 0.1) is 0 Å². The second-order valence-electron chi connectivity index (χ2n) is 3.87. The van der Waals surface area contributed by atoms with Gasteiger partial charge in [0.1, 0.15) is 6.54 Å². The van der Waals surface area contributed by atoms with Crippen molar-refractivity contribution >= 4 is 5.69 Å². The van der Waals surface area contributed by atoms with Gasteiger partial charge in [-0.2, -0.15) is 13.2 Å². The van der Waals surface area contributed by atoms with Crippen molar-refractivity contribution in [3.8, 4) is 0 Å². The lowest BCUT2D eigenvalue weighted by atomic mass is 10.1. The molecule has 0 saturated heterocycles. The highest BCUT2D eigenvalue weighted by Gasteiger charge is 2.31. The number of alkyl halides is 3. The summed E-state index contributed by atoms with van der Waals surface area (Å²) in [6.45, 7) is 1.54. The van der Waals surface area contributed by atoms with Crippen molar-refractivity contribution in [1.29, 1.82) is 0 Å². The highest BCUT2D eigenvalue weighted by atomic mass is 19.4. The van der Waals surface area contributed by atoms with Crippen LogP contribution in [0.3, 0.4) is 0 Å². The van der Waals surface area contributed by atoms with E-state index < -0.39 is 12.7 Å². The molecule has 1 rings (SSSR count). The highest BCUT2D eigenvalue weighted by molar-refractivity contribution is 5.53. The van der Waals surface area contributed by atoms with E-state index in [4.69, 9.17) is 5.73 Å². The van der Waals surface area contributed by atoms with Crippen molar-refractivity contribution in [2.24, 2.45) is 5.73 Å². The fraction of sp³-hybridized carbons (Fsp3) is 0.500. The Morgan fingerprint density at radius 2 is 1.88 bits per heavy atom. The molecule has 0 heterocycles. The molecule has 0 aliphatic rings. The summed E-state index contributed by atoms with van der Waals surface area (Å²) < 4.78 is 37.4. The Morgan fingerprint density at radius 1 is 1.24 bits per heavy atom. The van der Waals surface area contributed by atoms with Crippen molar-refractivity contribution in [3.63, 3.8) is 0 Å². The topological polar surface area (TPSA) is 29.3 Å². The number of benzene rings is 1. The van der Waals surface area contributed by atoms with Gasteiger partial charge in [-0.15, -0.1) is 0 Å². The Bertz CT molecular complexity index is 350. The van der Waals surface area contributed by atoms with Crippen molar-refractivity contribution in [1.82, 2.24) is 0 Å². The van der Waals surface area contributed by atoms with E-state index in [0.29, 0.717) is 18.7 Å². The van der Waals surface area contributed by atoms with E-state index in [2.05, 4.69) is 0 Å². The third-order valence-corrected chi connectivity index (χ3v) is 2.42. The predicted octanol–water partition coefficient (Wildman–Crippen LogP) is 2.92. The summed E-state index contributed by atoms with van der Waals surface area (Å²) in [6, 6.07) is 6.95. The molecule has 0 spiro atoms. The molecule has 5 heteroatoms. The van der Waals surface area contributed by atoms with E-state index in [0.717, 1.165) is 5.56 Å². The summed E-state index contributed by atoms with van der Waals surface area (Å²) >= 11 is 0. The highest BCUT2D eigenvalue weighted by Crippen LogP contribution is 2.25. The van der Waals surface area contributed by atoms with E-state index in [1.54, 1.807) is 24.3 Å². The lowest BCUT2D eigenvalue weighted by molar-refractivity contribution is -0.119. The van der Waals surface area contributed by atoms with E-state index in [9.17, 15) is 13.2 Å². The first-order valence-corrected chi connectivity index (χ1v) is 5.57. The Morgan fingerprint density at radius 3 is 2.41 bits per heavy atom. The van der Waals surface area contributed by atoms with Gasteiger partial charge in [-0.05, 0) is 18.1 Å². The summed E-state index contributed by atoms with van der Waals surface area (Å²) in [6.07, 6.45) is -3.54. The number of hydrogen-bond donors (Lipinski definition) is 1. The van der Waals surface area contributed by atoms with Gasteiger partial charge in [0.2, 0.25) is 0 Å². The minimum Gasteiger partial charge on any atom is -0.362 e. The predicted molar refractivity (Wildman–Crippen MR) is 62.9 cm³/mol. The van der Waals surface area contributed by atoms with Crippen LogP contribution in [0.2, 0.25) is 0 Å². The number of anilines is 1. The molecule has 0 unspecified atom stereocenters. The Labute approximate surface area is 99.2 Å². The van der Waals surface area contributed by atoms with Crippen LogP contribution < -0.4 is 10.6 Å². The summed E-state index contributed by atoms with van der Waals surface area (Å²) in [5, 5.41) is 0. The van der Waals surface area contributed by atoms with Gasteiger partial charge in [-0.1, -0.05) is 25.1 Å². The van der Waals surface area contributed by atoms with Crippen LogP contribution in [0.25, 0.3) is 0 Å². The molecule has 17 heavy (non-hydrogen) atoms. The zero-order chi connectivity index (χ0) is 12.9. The summed E-state index contributed by atoms with van der Waals surface area (Å²) in [5.41, 5.74) is 6.86. The van der Waals surface area contributed by atoms with Gasteiger partial charge in [0.25, 0.3) is 0 Å². The summed E-state index contributed by atoms with van der Waals surface area (Å²) in [7, 11) is 0. The zero-order valence-electron chi connectivity index (χ0n) is 9.80. The molecule has 0 aliphatic carbocycles. The van der Waals surface area contributed by atoms with Crippen LogP contribution in [0.15, 0.2) is 24.3 Å². The monoisotopic (exact) mass is 246 g/mol. The van der Waals surface area contributed by atoms with Crippen molar-refractivity contribution in [2.45, 2.75) is 26.1 Å². The Balaban J connectivity index is 2.96. The third kappa shape index (κ3) is 4.26. The maximum atomic E-state index is 12.5. The van der Waals surface area contributed by atoms with Crippen LogP contribution in [-0.4, -0.2) is 19.3 Å². The number of nitrogens with two attached hydrogens (primary N) is 1. The second kappa shape index (κ2) is 5.91. The molecule has 0 bridgehead atoms. The standard InChI is InChI=1S/C12H17F3N2/c1-2-7-17(9-12(13,14)15)11-6-4-3-5-10(11)8-16/h3-6H,2,7-9,16H2,1H3. The quantitative estimate of drug-likeness (QED) is 0.865. The van der Waals surface area contributed by atoms with Crippen LogP contribution in [0.5, 0.6) is 0 Å². The minimum absolute atomic E-state index is 0.244. The second-order valence-corrected chi connectivity index (χ2v) is 3.87. The van der Waals surface area contributed by atoms with Gasteiger partial charge < -0.3 is 10.6 Å². The molecule has 1 aromatic carbocycles. The van der Waals surface area contributed by atoms with Gasteiger partial charge in [0, 0.05) is 18.8 Å². The van der Waals surface area contributed by atoms with Gasteiger partial charge >= 0.3 is 6.18 Å². The van der Waals surface area contributed by atoms with Crippen LogP contribution in [0.4, 0.5) is 18.9 Å². The molecule has 1 aromatic rings. The fourth-order valence-electron chi connectivity index (χ4n) is 1.76. The molecular formula is C12H17F3N2. The van der Waals surface area contributed by atoms with Gasteiger partial charge in [0.15, 0.2) is 0 Å². The molecular weight excluding hydrogens is 229 g/mol. The Hall–Kier alpha value is -1.23. The lowest BCUT2D eigenvalue weighted by Gasteiger charge is -2.27. The lowest BCUT2D eigenvalue weighted by Crippen LogP contribution is -2.35. The molecule has 0 aromatic heterocycles. The van der Waals surface area contributed by atoms with Crippen LogP contribution in [0.1, 0.15) is 18.9 Å².